The van der Waals surface area contributed by atoms with Crippen LogP contribution in [0.15, 0.2) is 29.3 Å². The highest BCUT2D eigenvalue weighted by molar-refractivity contribution is 14.0. The van der Waals surface area contributed by atoms with Crippen molar-refractivity contribution in [3.63, 3.8) is 0 Å². The molecule has 0 bridgehead atoms. The molecule has 148 valence electrons. The first kappa shape index (κ1) is 22.8. The van der Waals surface area contributed by atoms with E-state index in [9.17, 15) is 13.2 Å². The monoisotopic (exact) mass is 488 g/mol. The summed E-state index contributed by atoms with van der Waals surface area (Å²) in [6.45, 7) is 4.97. The molecule has 1 aromatic carbocycles. The molecule has 0 aromatic heterocycles. The van der Waals surface area contributed by atoms with Gasteiger partial charge >= 0.3 is 6.36 Å². The van der Waals surface area contributed by atoms with E-state index in [-0.39, 0.29) is 42.2 Å². The molecular weight excluding hydrogens is 464 g/mol. The van der Waals surface area contributed by atoms with Crippen LogP contribution in [-0.2, 0) is 11.3 Å². The number of aliphatic imine (C=N–C) groups is 1. The van der Waals surface area contributed by atoms with Crippen LogP contribution in [0.5, 0.6) is 5.75 Å². The fraction of sp³-hybridized carbons (Fsp3) is 0.562. The number of ether oxygens (including phenoxy) is 2. The highest BCUT2D eigenvalue weighted by Gasteiger charge is 2.31. The van der Waals surface area contributed by atoms with Crippen LogP contribution in [-0.4, -0.2) is 56.6 Å². The molecule has 0 unspecified atom stereocenters. The van der Waals surface area contributed by atoms with E-state index in [0.29, 0.717) is 12.1 Å². The Morgan fingerprint density at radius 1 is 1.27 bits per heavy atom. The minimum absolute atomic E-state index is 0. The van der Waals surface area contributed by atoms with Gasteiger partial charge < -0.3 is 20.5 Å². The Morgan fingerprint density at radius 2 is 1.96 bits per heavy atom. The molecule has 0 radical (unpaired) electrons. The van der Waals surface area contributed by atoms with Gasteiger partial charge in [-0.3, -0.25) is 4.90 Å². The molecule has 1 aliphatic heterocycles. The lowest BCUT2D eigenvalue weighted by Gasteiger charge is -2.26. The maximum atomic E-state index is 12.4. The molecule has 1 saturated heterocycles. The fourth-order valence-corrected chi connectivity index (χ4v) is 2.43. The summed E-state index contributed by atoms with van der Waals surface area (Å²) in [4.78, 5) is 6.38. The van der Waals surface area contributed by atoms with Gasteiger partial charge in [-0.1, -0.05) is 18.2 Å². The second-order valence-electron chi connectivity index (χ2n) is 5.59. The molecule has 1 heterocycles. The number of nitrogens with one attached hydrogen (secondary N) is 1. The number of benzene rings is 1. The van der Waals surface area contributed by atoms with Crippen molar-refractivity contribution in [1.29, 1.82) is 0 Å². The van der Waals surface area contributed by atoms with Crippen LogP contribution in [0.25, 0.3) is 0 Å². The molecule has 3 N–H and O–H groups in total. The van der Waals surface area contributed by atoms with Crippen molar-refractivity contribution in [3.05, 3.63) is 29.8 Å². The lowest BCUT2D eigenvalue weighted by molar-refractivity contribution is -0.274. The van der Waals surface area contributed by atoms with Crippen LogP contribution in [0.2, 0.25) is 0 Å². The second-order valence-corrected chi connectivity index (χ2v) is 5.59. The van der Waals surface area contributed by atoms with Crippen LogP contribution >= 0.6 is 24.0 Å². The molecule has 10 heteroatoms. The summed E-state index contributed by atoms with van der Waals surface area (Å²) in [5.41, 5.74) is 6.08. The predicted molar refractivity (Wildman–Crippen MR) is 104 cm³/mol. The average Bonchev–Trinajstić information content (AvgIpc) is 2.57. The Balaban J connectivity index is 0.00000338. The van der Waals surface area contributed by atoms with Gasteiger partial charge in [-0.05, 0) is 19.0 Å². The van der Waals surface area contributed by atoms with Gasteiger partial charge in [0.05, 0.1) is 19.8 Å². The molecule has 1 aliphatic rings. The van der Waals surface area contributed by atoms with E-state index in [1.165, 1.54) is 18.2 Å². The van der Waals surface area contributed by atoms with Gasteiger partial charge in [-0.2, -0.15) is 0 Å². The number of alkyl halides is 3. The number of hydrogen-bond acceptors (Lipinski definition) is 4. The summed E-state index contributed by atoms with van der Waals surface area (Å²) in [5.74, 6) is -0.0670. The Bertz CT molecular complexity index is 567. The standard InChI is InChI=1S/C16H23F3N4O2.HI/c17-16(18,19)25-14-5-2-1-4-13(14)12-22-15(20)21-6-3-7-23-8-10-24-11-9-23;/h1-2,4-5H,3,6-12H2,(H3,20,21,22);1H. The zero-order valence-electron chi connectivity index (χ0n) is 14.3. The van der Waals surface area contributed by atoms with Crippen LogP contribution in [0.1, 0.15) is 12.0 Å². The van der Waals surface area contributed by atoms with Crippen molar-refractivity contribution in [1.82, 2.24) is 10.2 Å². The summed E-state index contributed by atoms with van der Waals surface area (Å²) in [6, 6.07) is 5.88. The second kappa shape index (κ2) is 11.4. The van der Waals surface area contributed by atoms with Crippen molar-refractivity contribution in [2.75, 3.05) is 39.4 Å². The van der Waals surface area contributed by atoms with E-state index >= 15 is 0 Å². The normalized spacial score (nSPS) is 16.0. The summed E-state index contributed by atoms with van der Waals surface area (Å²) in [5, 5.41) is 2.97. The Hall–Kier alpha value is -1.27. The summed E-state index contributed by atoms with van der Waals surface area (Å²) in [7, 11) is 0. The molecule has 0 amide bonds. The van der Waals surface area contributed by atoms with E-state index in [0.717, 1.165) is 39.3 Å². The maximum absolute atomic E-state index is 12.4. The number of nitrogens with two attached hydrogens (primary N) is 1. The minimum atomic E-state index is -4.73. The molecule has 0 spiro atoms. The Kier molecular flexibility index (Phi) is 10.0. The third-order valence-corrected chi connectivity index (χ3v) is 3.68. The van der Waals surface area contributed by atoms with E-state index < -0.39 is 6.36 Å². The van der Waals surface area contributed by atoms with Crippen molar-refractivity contribution >= 4 is 29.9 Å². The quantitative estimate of drug-likeness (QED) is 0.267. The van der Waals surface area contributed by atoms with Crippen molar-refractivity contribution in [2.24, 2.45) is 10.7 Å². The number of rotatable bonds is 7. The molecule has 26 heavy (non-hydrogen) atoms. The average molecular weight is 488 g/mol. The molecular formula is C16H24F3IN4O2. The fourth-order valence-electron chi connectivity index (χ4n) is 2.43. The first-order chi connectivity index (χ1) is 11.9. The first-order valence-corrected chi connectivity index (χ1v) is 8.11. The third-order valence-electron chi connectivity index (χ3n) is 3.68. The van der Waals surface area contributed by atoms with E-state index in [1.807, 2.05) is 0 Å². The predicted octanol–water partition coefficient (Wildman–Crippen LogP) is 2.33. The van der Waals surface area contributed by atoms with Gasteiger partial charge in [-0.25, -0.2) is 4.99 Å². The first-order valence-electron chi connectivity index (χ1n) is 8.11. The molecule has 2 rings (SSSR count). The SMILES string of the molecule is I.NC(=NCc1ccccc1OC(F)(F)F)NCCCN1CCOCC1. The lowest BCUT2D eigenvalue weighted by atomic mass is 10.2. The van der Waals surface area contributed by atoms with Crippen LogP contribution in [0, 0.1) is 0 Å². The van der Waals surface area contributed by atoms with Gasteiger partial charge in [0.15, 0.2) is 5.96 Å². The number of halogens is 4. The molecule has 0 aliphatic carbocycles. The van der Waals surface area contributed by atoms with Crippen LogP contribution in [0.3, 0.4) is 0 Å². The smallest absolute Gasteiger partial charge is 0.405 e. The number of morpholine rings is 1. The van der Waals surface area contributed by atoms with Crippen molar-refractivity contribution in [2.45, 2.75) is 19.3 Å². The summed E-state index contributed by atoms with van der Waals surface area (Å²) < 4.78 is 46.4. The topological polar surface area (TPSA) is 72.1 Å². The van der Waals surface area contributed by atoms with Gasteiger partial charge in [0.1, 0.15) is 5.75 Å². The van der Waals surface area contributed by atoms with E-state index in [2.05, 4.69) is 19.9 Å². The van der Waals surface area contributed by atoms with Gasteiger partial charge in [0.25, 0.3) is 0 Å². The third kappa shape index (κ3) is 8.90. The Labute approximate surface area is 167 Å². The summed E-state index contributed by atoms with van der Waals surface area (Å²) in [6.07, 6.45) is -3.84. The number of nitrogens with zero attached hydrogens (tertiary/aromatic N) is 2. The molecule has 6 nitrogen and oxygen atoms in total. The maximum Gasteiger partial charge on any atom is 0.573 e. The number of hydrogen-bond donors (Lipinski definition) is 2. The van der Waals surface area contributed by atoms with E-state index in [1.54, 1.807) is 6.07 Å². The molecule has 1 fully saturated rings. The van der Waals surface area contributed by atoms with Gasteiger partial charge in [0.2, 0.25) is 0 Å². The molecule has 1 aromatic rings. The zero-order valence-corrected chi connectivity index (χ0v) is 16.6. The lowest BCUT2D eigenvalue weighted by Crippen LogP contribution is -2.39. The zero-order chi connectivity index (χ0) is 18.1. The summed E-state index contributed by atoms with van der Waals surface area (Å²) >= 11 is 0. The van der Waals surface area contributed by atoms with E-state index in [4.69, 9.17) is 10.5 Å². The highest BCUT2D eigenvalue weighted by atomic mass is 127. The van der Waals surface area contributed by atoms with Crippen molar-refractivity contribution < 1.29 is 22.6 Å². The number of para-hydroxylation sites is 1. The van der Waals surface area contributed by atoms with Crippen LogP contribution < -0.4 is 15.8 Å². The molecule has 0 saturated carbocycles. The number of guanidine groups is 1. The van der Waals surface area contributed by atoms with Gasteiger partial charge in [0, 0.05) is 25.2 Å². The highest BCUT2D eigenvalue weighted by Crippen LogP contribution is 2.26. The molecule has 0 atom stereocenters. The Morgan fingerprint density at radius 3 is 2.65 bits per heavy atom. The largest absolute Gasteiger partial charge is 0.573 e. The van der Waals surface area contributed by atoms with Crippen molar-refractivity contribution in [3.8, 4) is 5.75 Å². The van der Waals surface area contributed by atoms with Crippen LogP contribution in [0.4, 0.5) is 13.2 Å². The minimum Gasteiger partial charge on any atom is -0.405 e. The van der Waals surface area contributed by atoms with Gasteiger partial charge in [-0.15, -0.1) is 37.1 Å².